The zero-order chi connectivity index (χ0) is 99.0. The molecular weight excluding hydrogens is 1920 g/mol. The van der Waals surface area contributed by atoms with Gasteiger partial charge in [0.2, 0.25) is 0 Å². The summed E-state index contributed by atoms with van der Waals surface area (Å²) in [4.78, 5) is 0. The zero-order valence-corrected chi connectivity index (χ0v) is 74.8. The number of hydrogen-bond donors (Lipinski definition) is 0. The van der Waals surface area contributed by atoms with E-state index in [-0.39, 0.29) is 0 Å². The molecule has 0 aliphatic carbocycles. The minimum Gasteiger partial charge on any atom is -0.497 e. The Hall–Kier alpha value is -15.0. The van der Waals surface area contributed by atoms with Crippen LogP contribution in [-0.2, 0) is 37.1 Å². The van der Waals surface area contributed by atoms with Gasteiger partial charge in [-0.2, -0.15) is 110 Å². The van der Waals surface area contributed by atoms with Crippen molar-refractivity contribution in [3.8, 4) is 125 Å². The first-order valence-electron chi connectivity index (χ1n) is 40.5. The highest BCUT2D eigenvalue weighted by Crippen LogP contribution is 2.42. The van der Waals surface area contributed by atoms with Crippen LogP contribution in [0.15, 0.2) is 352 Å². The van der Waals surface area contributed by atoms with Crippen LogP contribution in [-0.4, -0.2) is 87.1 Å². The van der Waals surface area contributed by atoms with Gasteiger partial charge >= 0.3 is 37.1 Å². The Kier molecular flexibility index (Phi) is 31.6. The third-order valence-corrected chi connectivity index (χ3v) is 21.0. The van der Waals surface area contributed by atoms with Gasteiger partial charge in [-0.3, -0.25) is 0 Å². The zero-order valence-electron chi connectivity index (χ0n) is 71.8. The van der Waals surface area contributed by atoms with E-state index < -0.39 is 71.2 Å². The Morgan fingerprint density at radius 3 is 0.493 bits per heavy atom. The first kappa shape index (κ1) is 100. The van der Waals surface area contributed by atoms with E-state index in [9.17, 15) is 79.0 Å². The van der Waals surface area contributed by atoms with Gasteiger partial charge < -0.3 is 18.9 Å². The molecular formula is C100H70Cl4F18N12O4. The smallest absolute Gasteiger partial charge is 0.435 e. The van der Waals surface area contributed by atoms with Crippen LogP contribution >= 0.6 is 46.4 Å². The molecule has 708 valence electrons. The summed E-state index contributed by atoms with van der Waals surface area (Å²) < 4.78 is 263. The topological polar surface area (TPSA) is 144 Å². The lowest BCUT2D eigenvalue weighted by Crippen LogP contribution is -2.07. The number of ether oxygens (including phenoxy) is 4. The number of hydrogen-bond acceptors (Lipinski definition) is 10. The minimum absolute atomic E-state index is 0.323. The monoisotopic (exact) mass is 1980 g/mol. The summed E-state index contributed by atoms with van der Waals surface area (Å²) in [6.45, 7) is 0. The molecule has 0 fully saturated rings. The highest BCUT2D eigenvalue weighted by Gasteiger charge is 2.41. The van der Waals surface area contributed by atoms with Crippen molar-refractivity contribution < 1.29 is 98.0 Å². The minimum atomic E-state index is -4.53. The molecule has 18 aromatic rings. The molecule has 0 saturated carbocycles. The van der Waals surface area contributed by atoms with Crippen molar-refractivity contribution in [3.63, 3.8) is 0 Å². The second-order valence-corrected chi connectivity index (χ2v) is 30.9. The number of halogens is 22. The number of nitrogens with zero attached hydrogens (tertiary/aromatic N) is 12. The largest absolute Gasteiger partial charge is 0.497 e. The van der Waals surface area contributed by atoms with E-state index in [1.54, 1.807) is 309 Å². The summed E-state index contributed by atoms with van der Waals surface area (Å²) in [5.41, 5.74) is 3.37. The molecule has 0 unspecified atom stereocenters. The number of methoxy groups -OCH3 is 4. The van der Waals surface area contributed by atoms with Crippen LogP contribution in [0.25, 0.3) is 102 Å². The van der Waals surface area contributed by atoms with E-state index in [4.69, 9.17) is 65.4 Å². The lowest BCUT2D eigenvalue weighted by Gasteiger charge is -2.08. The molecule has 0 amide bonds. The molecule has 12 aromatic carbocycles. The van der Waals surface area contributed by atoms with Crippen molar-refractivity contribution in [2.75, 3.05) is 28.4 Å². The Morgan fingerprint density at radius 2 is 0.319 bits per heavy atom. The van der Waals surface area contributed by atoms with Crippen LogP contribution in [0.2, 0.25) is 20.1 Å². The van der Waals surface area contributed by atoms with Gasteiger partial charge in [0.05, 0.1) is 96.7 Å². The van der Waals surface area contributed by atoms with Crippen LogP contribution in [0.5, 0.6) is 23.0 Å². The van der Waals surface area contributed by atoms with Gasteiger partial charge in [-0.25, -0.2) is 28.1 Å². The number of alkyl halides is 18. The van der Waals surface area contributed by atoms with Gasteiger partial charge in [-0.1, -0.05) is 168 Å². The molecule has 0 aliphatic heterocycles. The SMILES string of the molecule is COc1ccc(-c2cc(C(F)(F)F)nn2-c2ccc(Cl)cc2)cc1.COc1ccc(-c2cc(C(F)(F)F)nn2-c2ccccc2)cc1.COc1ccc(-n2nc(C(F)(F)F)cc2-c2ccc(Cl)cc2)cc1.COc1ccc(-n2nc(C(F)(F)F)cc2-c2ccccc2)cc1.FC(F)(F)c1cc(-c2ccc(Cl)cc2)n(-c2ccccc2)n1.FC(F)(F)c1cc(-c2ccccc2)n(-c2ccc(Cl)cc2)n1. The fourth-order valence-electron chi connectivity index (χ4n) is 13.3. The maximum Gasteiger partial charge on any atom is 0.435 e. The molecule has 16 nitrogen and oxygen atoms in total. The quantitative estimate of drug-likeness (QED) is 0.0858. The molecule has 0 bridgehead atoms. The van der Waals surface area contributed by atoms with Crippen molar-refractivity contribution >= 4 is 46.4 Å². The van der Waals surface area contributed by atoms with Crippen LogP contribution in [0, 0.1) is 0 Å². The maximum absolute atomic E-state index is 13.1. The van der Waals surface area contributed by atoms with Crippen molar-refractivity contribution in [2.45, 2.75) is 37.1 Å². The van der Waals surface area contributed by atoms with Crippen LogP contribution < -0.4 is 18.9 Å². The van der Waals surface area contributed by atoms with Gasteiger partial charge in [-0.05, 0) is 231 Å². The number of benzene rings is 12. The van der Waals surface area contributed by atoms with Crippen LogP contribution in [0.1, 0.15) is 34.2 Å². The van der Waals surface area contributed by atoms with Crippen LogP contribution in [0.4, 0.5) is 79.0 Å². The highest BCUT2D eigenvalue weighted by molar-refractivity contribution is 6.31. The van der Waals surface area contributed by atoms with Gasteiger partial charge in [0.1, 0.15) is 23.0 Å². The average Bonchev–Trinajstić information content (AvgIpc) is 1.65. The van der Waals surface area contributed by atoms with Crippen molar-refractivity contribution in [1.82, 2.24) is 58.7 Å². The van der Waals surface area contributed by atoms with E-state index in [1.165, 1.54) is 56.5 Å². The van der Waals surface area contributed by atoms with E-state index in [1.807, 2.05) is 6.07 Å². The van der Waals surface area contributed by atoms with Crippen LogP contribution in [0.3, 0.4) is 0 Å². The number of rotatable bonds is 16. The van der Waals surface area contributed by atoms with Crippen molar-refractivity contribution in [3.05, 3.63) is 406 Å². The van der Waals surface area contributed by atoms with Crippen molar-refractivity contribution in [1.29, 1.82) is 0 Å². The summed E-state index contributed by atoms with van der Waals surface area (Å²) >= 11 is 23.3. The predicted molar refractivity (Wildman–Crippen MR) is 490 cm³/mol. The molecule has 138 heavy (non-hydrogen) atoms. The van der Waals surface area contributed by atoms with E-state index in [0.717, 1.165) is 36.4 Å². The highest BCUT2D eigenvalue weighted by atomic mass is 35.5. The molecule has 38 heteroatoms. The van der Waals surface area contributed by atoms with Gasteiger partial charge in [0.15, 0.2) is 34.2 Å². The van der Waals surface area contributed by atoms with E-state index >= 15 is 0 Å². The summed E-state index contributed by atoms with van der Waals surface area (Å²) in [6.07, 6.45) is -27.1. The normalized spacial score (nSPS) is 11.6. The average molecular weight is 1990 g/mol. The Balaban J connectivity index is 0.000000140. The third kappa shape index (κ3) is 25.6. The molecule has 0 saturated heterocycles. The number of aromatic nitrogens is 12. The molecule has 18 rings (SSSR count). The van der Waals surface area contributed by atoms with Gasteiger partial charge in [0, 0.05) is 53.5 Å². The summed E-state index contributed by atoms with van der Waals surface area (Å²) in [7, 11) is 6.10. The van der Waals surface area contributed by atoms with E-state index in [2.05, 4.69) is 30.6 Å². The first-order valence-corrected chi connectivity index (χ1v) is 42.0. The molecule has 0 spiro atoms. The van der Waals surface area contributed by atoms with Crippen molar-refractivity contribution in [2.24, 2.45) is 0 Å². The van der Waals surface area contributed by atoms with E-state index in [0.29, 0.717) is 145 Å². The van der Waals surface area contributed by atoms with Gasteiger partial charge in [-0.15, -0.1) is 0 Å². The lowest BCUT2D eigenvalue weighted by molar-refractivity contribution is -0.142. The molecule has 6 aromatic heterocycles. The fourth-order valence-corrected chi connectivity index (χ4v) is 13.8. The molecule has 0 radical (unpaired) electrons. The fraction of sp³-hybridized carbons (Fsp3) is 0.100. The maximum atomic E-state index is 13.1. The molecule has 0 aliphatic rings. The second kappa shape index (κ2) is 43.3. The Morgan fingerprint density at radius 1 is 0.181 bits per heavy atom. The Bertz CT molecular complexity index is 6580. The summed E-state index contributed by atoms with van der Waals surface area (Å²) in [5, 5.41) is 24.3. The summed E-state index contributed by atoms with van der Waals surface area (Å²) in [5.74, 6) is 2.48. The lowest BCUT2D eigenvalue weighted by atomic mass is 10.1. The third-order valence-electron chi connectivity index (χ3n) is 20.0. The Labute approximate surface area is 794 Å². The molecule has 0 N–H and O–H groups in total. The standard InChI is InChI=1S/2C17H12ClF3N2O.2C17H13F3N2O.2C16H10ClF3N2/c1-24-14-8-2-11(3-9-14)15-10-16(17(19,20)21)22-23(15)13-6-4-12(18)5-7-13;1-24-14-8-6-13(7-9-14)23-15(10-16(22-23)17(19,20)21)11-2-4-12(18)5-3-11;1-23-14-9-7-12(8-10-14)15-11-16(17(18,19)20)21-22(15)13-5-3-2-4-6-13;1-23-14-9-7-13(8-10-14)22-15(12-5-3-2-4-6-12)11-16(21-22)17(18,19)20;17-12-8-6-11(7-9-12)14-10-15(16(18,19)20)21-22(14)13-4-2-1-3-5-13;17-12-6-8-13(9-7-12)22-14(11-4-2-1-3-5-11)10-15(21-22)16(18,19)20/h2*2-10H,1H3;2*2-11H,1H3;2*1-10H. The van der Waals surface area contributed by atoms with Gasteiger partial charge in [0.25, 0.3) is 0 Å². The second-order valence-electron chi connectivity index (χ2n) is 29.2. The predicted octanol–water partition coefficient (Wildman–Crippen LogP) is 30.0. The molecule has 0 atom stereocenters. The first-order chi connectivity index (χ1) is 65.6. The summed E-state index contributed by atoms with van der Waals surface area (Å²) in [6, 6.07) is 94.2. The number of para-hydroxylation sites is 2. The molecule has 6 heterocycles.